The molecule has 1 nitrogen and oxygen atoms in total. The lowest BCUT2D eigenvalue weighted by Crippen LogP contribution is -2.34. The van der Waals surface area contributed by atoms with E-state index in [9.17, 15) is 0 Å². The molecule has 0 fully saturated rings. The van der Waals surface area contributed by atoms with E-state index in [2.05, 4.69) is 18.8 Å². The molecule has 70 valence electrons. The lowest BCUT2D eigenvalue weighted by Gasteiger charge is -2.25. The van der Waals surface area contributed by atoms with Gasteiger partial charge in [-0.15, -0.1) is 6.58 Å². The van der Waals surface area contributed by atoms with Gasteiger partial charge in [0.15, 0.2) is 0 Å². The molecule has 0 unspecified atom stereocenters. The normalized spacial score (nSPS) is 15.0. The zero-order valence-corrected chi connectivity index (χ0v) is 8.73. The molecule has 0 bridgehead atoms. The Bertz CT molecular complexity index is 291. The van der Waals surface area contributed by atoms with Gasteiger partial charge in [0.1, 0.15) is 0 Å². The number of hydrogen-bond acceptors (Lipinski definition) is 1. The van der Waals surface area contributed by atoms with E-state index < -0.39 is 0 Å². The lowest BCUT2D eigenvalue weighted by molar-refractivity contribution is 0.506. The maximum atomic E-state index is 5.80. The van der Waals surface area contributed by atoms with Crippen molar-refractivity contribution < 1.29 is 0 Å². The highest BCUT2D eigenvalue weighted by Crippen LogP contribution is 2.22. The summed E-state index contributed by atoms with van der Waals surface area (Å²) in [6, 6.07) is 7.77. The van der Waals surface area contributed by atoms with Crippen LogP contribution in [0.15, 0.2) is 36.9 Å². The molecule has 0 aliphatic heterocycles. The van der Waals surface area contributed by atoms with Crippen LogP contribution in [0.2, 0.25) is 5.02 Å². The summed E-state index contributed by atoms with van der Waals surface area (Å²) in [7, 11) is 1.91. The summed E-state index contributed by atoms with van der Waals surface area (Å²) < 4.78 is 0. The standard InChI is InChI=1S/C11H14ClN/c1-4-11(2,13-3)9-5-7-10(12)8-6-9/h4-8,13H,1H2,2-3H3/t11-/m0/s1. The van der Waals surface area contributed by atoms with Crippen LogP contribution in [0.3, 0.4) is 0 Å². The van der Waals surface area contributed by atoms with Gasteiger partial charge in [-0.05, 0) is 31.7 Å². The van der Waals surface area contributed by atoms with Crippen molar-refractivity contribution in [3.05, 3.63) is 47.5 Å². The molecule has 1 N–H and O–H groups in total. The zero-order valence-electron chi connectivity index (χ0n) is 7.97. The summed E-state index contributed by atoms with van der Waals surface area (Å²) in [5, 5.41) is 3.96. The average Bonchev–Trinajstić information content (AvgIpc) is 2.18. The third-order valence-electron chi connectivity index (χ3n) is 2.37. The van der Waals surface area contributed by atoms with Crippen LogP contribution < -0.4 is 5.32 Å². The van der Waals surface area contributed by atoms with Crippen LogP contribution in [0.1, 0.15) is 12.5 Å². The van der Waals surface area contributed by atoms with Crippen molar-refractivity contribution in [2.24, 2.45) is 0 Å². The fraction of sp³-hybridized carbons (Fsp3) is 0.273. The number of nitrogens with one attached hydrogen (secondary N) is 1. The minimum Gasteiger partial charge on any atom is -0.308 e. The van der Waals surface area contributed by atoms with E-state index in [1.54, 1.807) is 0 Å². The van der Waals surface area contributed by atoms with E-state index in [0.717, 1.165) is 10.6 Å². The SMILES string of the molecule is C=C[C@](C)(NC)c1ccc(Cl)cc1. The first kappa shape index (κ1) is 10.3. The van der Waals surface area contributed by atoms with Gasteiger partial charge in [0.2, 0.25) is 0 Å². The second-order valence-corrected chi connectivity index (χ2v) is 3.60. The van der Waals surface area contributed by atoms with Gasteiger partial charge in [-0.1, -0.05) is 29.8 Å². The van der Waals surface area contributed by atoms with Crippen molar-refractivity contribution in [2.75, 3.05) is 7.05 Å². The van der Waals surface area contributed by atoms with E-state index in [1.807, 2.05) is 37.4 Å². The van der Waals surface area contributed by atoms with Gasteiger partial charge in [0.25, 0.3) is 0 Å². The number of benzene rings is 1. The predicted molar refractivity (Wildman–Crippen MR) is 58.1 cm³/mol. The van der Waals surface area contributed by atoms with Gasteiger partial charge in [0, 0.05) is 5.02 Å². The van der Waals surface area contributed by atoms with E-state index in [-0.39, 0.29) is 5.54 Å². The van der Waals surface area contributed by atoms with E-state index in [0.29, 0.717) is 0 Å². The van der Waals surface area contributed by atoms with Crippen molar-refractivity contribution in [2.45, 2.75) is 12.5 Å². The van der Waals surface area contributed by atoms with Crippen LogP contribution in [-0.4, -0.2) is 7.05 Å². The number of likely N-dealkylation sites (N-methyl/N-ethyl adjacent to an activating group) is 1. The van der Waals surface area contributed by atoms with Gasteiger partial charge < -0.3 is 5.32 Å². The molecule has 0 aliphatic carbocycles. The third-order valence-corrected chi connectivity index (χ3v) is 2.62. The predicted octanol–water partition coefficient (Wildman–Crippen LogP) is 2.96. The Labute approximate surface area is 84.4 Å². The van der Waals surface area contributed by atoms with Crippen molar-refractivity contribution in [3.8, 4) is 0 Å². The van der Waals surface area contributed by atoms with Gasteiger partial charge in [-0.25, -0.2) is 0 Å². The van der Waals surface area contributed by atoms with Crippen LogP contribution in [0.5, 0.6) is 0 Å². The fourth-order valence-corrected chi connectivity index (χ4v) is 1.29. The molecule has 0 spiro atoms. The first-order valence-electron chi connectivity index (χ1n) is 4.21. The summed E-state index contributed by atoms with van der Waals surface area (Å²) in [4.78, 5) is 0. The highest BCUT2D eigenvalue weighted by Gasteiger charge is 2.19. The molecule has 1 rings (SSSR count). The molecule has 0 amide bonds. The van der Waals surface area contributed by atoms with E-state index >= 15 is 0 Å². The van der Waals surface area contributed by atoms with Gasteiger partial charge in [-0.3, -0.25) is 0 Å². The minimum absolute atomic E-state index is 0.176. The Morgan fingerprint density at radius 3 is 2.31 bits per heavy atom. The van der Waals surface area contributed by atoms with Crippen LogP contribution in [0.4, 0.5) is 0 Å². The first-order chi connectivity index (χ1) is 6.12. The number of halogens is 1. The summed E-state index contributed by atoms with van der Waals surface area (Å²) in [6.07, 6.45) is 1.89. The van der Waals surface area contributed by atoms with Gasteiger partial charge >= 0.3 is 0 Å². The topological polar surface area (TPSA) is 12.0 Å². The summed E-state index contributed by atoms with van der Waals surface area (Å²) in [5.74, 6) is 0. The smallest absolute Gasteiger partial charge is 0.0586 e. The molecule has 0 aromatic heterocycles. The molecule has 0 radical (unpaired) electrons. The molecule has 2 heteroatoms. The highest BCUT2D eigenvalue weighted by atomic mass is 35.5. The summed E-state index contributed by atoms with van der Waals surface area (Å²) in [6.45, 7) is 5.88. The van der Waals surface area contributed by atoms with Crippen molar-refractivity contribution in [1.82, 2.24) is 5.32 Å². The lowest BCUT2D eigenvalue weighted by atomic mass is 9.92. The second kappa shape index (κ2) is 3.95. The van der Waals surface area contributed by atoms with Crippen LogP contribution in [0.25, 0.3) is 0 Å². The molecule has 0 saturated heterocycles. The minimum atomic E-state index is -0.176. The molecule has 1 aromatic rings. The number of rotatable bonds is 3. The maximum absolute atomic E-state index is 5.80. The van der Waals surface area contributed by atoms with Crippen LogP contribution >= 0.6 is 11.6 Å². The molecule has 1 atom stereocenters. The number of hydrogen-bond donors (Lipinski definition) is 1. The summed E-state index contributed by atoms with van der Waals surface area (Å²) >= 11 is 5.80. The largest absolute Gasteiger partial charge is 0.308 e. The molecular formula is C11H14ClN. The molecule has 0 aliphatic rings. The van der Waals surface area contributed by atoms with Crippen molar-refractivity contribution >= 4 is 11.6 Å². The second-order valence-electron chi connectivity index (χ2n) is 3.16. The van der Waals surface area contributed by atoms with Gasteiger partial charge in [0.05, 0.1) is 5.54 Å². The monoisotopic (exact) mass is 195 g/mol. The Morgan fingerprint density at radius 2 is 1.92 bits per heavy atom. The van der Waals surface area contributed by atoms with Crippen molar-refractivity contribution in [1.29, 1.82) is 0 Å². The average molecular weight is 196 g/mol. The Hall–Kier alpha value is -0.790. The first-order valence-corrected chi connectivity index (χ1v) is 4.59. The van der Waals surface area contributed by atoms with E-state index in [4.69, 9.17) is 11.6 Å². The molecule has 1 aromatic carbocycles. The molecule has 0 saturated carbocycles. The zero-order chi connectivity index (χ0) is 9.90. The summed E-state index contributed by atoms with van der Waals surface area (Å²) in [5.41, 5.74) is 0.985. The van der Waals surface area contributed by atoms with Crippen LogP contribution in [-0.2, 0) is 5.54 Å². The quantitative estimate of drug-likeness (QED) is 0.732. The Kier molecular flexibility index (Phi) is 3.12. The van der Waals surface area contributed by atoms with Crippen LogP contribution in [0, 0.1) is 0 Å². The molecule has 13 heavy (non-hydrogen) atoms. The highest BCUT2D eigenvalue weighted by molar-refractivity contribution is 6.30. The van der Waals surface area contributed by atoms with E-state index in [1.165, 1.54) is 0 Å². The van der Waals surface area contributed by atoms with Crippen molar-refractivity contribution in [3.63, 3.8) is 0 Å². The fourth-order valence-electron chi connectivity index (χ4n) is 1.16. The Balaban J connectivity index is 3.06. The third kappa shape index (κ3) is 2.11. The maximum Gasteiger partial charge on any atom is 0.0586 e. The molecule has 0 heterocycles. The Morgan fingerprint density at radius 1 is 1.38 bits per heavy atom. The molecular weight excluding hydrogens is 182 g/mol. The van der Waals surface area contributed by atoms with Gasteiger partial charge in [-0.2, -0.15) is 0 Å².